The van der Waals surface area contributed by atoms with Gasteiger partial charge in [-0.25, -0.2) is 0 Å². The molecule has 0 unspecified atom stereocenters. The van der Waals surface area contributed by atoms with Crippen LogP contribution in [0, 0.1) is 0 Å². The molecule has 0 radical (unpaired) electrons. The Bertz CT molecular complexity index is 1480. The van der Waals surface area contributed by atoms with Crippen molar-refractivity contribution in [2.75, 3.05) is 18.0 Å². The first-order valence-electron chi connectivity index (χ1n) is 14.7. The Morgan fingerprint density at radius 1 is 0.935 bits per heavy atom. The van der Waals surface area contributed by atoms with E-state index in [9.17, 15) is 41.0 Å². The minimum Gasteiger partial charge on any atom is -0.491 e. The molecule has 4 rings (SSSR count). The maximum absolute atomic E-state index is 13.6. The largest absolute Gasteiger partial charge is 0.491 e. The van der Waals surface area contributed by atoms with Gasteiger partial charge in [0.25, 0.3) is 5.91 Å². The van der Waals surface area contributed by atoms with Crippen LogP contribution in [0.25, 0.3) is 0 Å². The maximum atomic E-state index is 13.6. The lowest BCUT2D eigenvalue weighted by molar-refractivity contribution is -0.143. The molecule has 1 fully saturated rings. The quantitative estimate of drug-likeness (QED) is 0.205. The highest BCUT2D eigenvalue weighted by Gasteiger charge is 2.37. The number of carbonyl (C=O) groups excluding carboxylic acids is 2. The molecule has 46 heavy (non-hydrogen) atoms. The lowest BCUT2D eigenvalue weighted by Gasteiger charge is -2.26. The molecule has 3 N–H and O–H groups in total. The molecule has 3 aromatic carbocycles. The third kappa shape index (κ3) is 9.46. The number of alkyl halides is 6. The molecule has 248 valence electrons. The number of halogens is 6. The summed E-state index contributed by atoms with van der Waals surface area (Å²) in [6, 6.07) is 14.0. The van der Waals surface area contributed by atoms with E-state index in [0.29, 0.717) is 43.0 Å². The van der Waals surface area contributed by atoms with Crippen molar-refractivity contribution in [2.24, 2.45) is 0 Å². The Morgan fingerprint density at radius 2 is 1.59 bits per heavy atom. The number of nitrogens with one attached hydrogen (secondary N) is 2. The van der Waals surface area contributed by atoms with Crippen molar-refractivity contribution in [3.8, 4) is 5.75 Å². The zero-order valence-electron chi connectivity index (χ0n) is 25.2. The van der Waals surface area contributed by atoms with Crippen LogP contribution < -0.4 is 20.3 Å². The second-order valence-corrected chi connectivity index (χ2v) is 11.4. The normalized spacial score (nSPS) is 15.3. The third-order valence-corrected chi connectivity index (χ3v) is 7.32. The molecule has 1 heterocycles. The van der Waals surface area contributed by atoms with Gasteiger partial charge >= 0.3 is 12.4 Å². The second-order valence-electron chi connectivity index (χ2n) is 11.4. The second kappa shape index (κ2) is 14.5. The number of aliphatic hydroxyl groups excluding tert-OH is 1. The summed E-state index contributed by atoms with van der Waals surface area (Å²) < 4.78 is 85.5. The van der Waals surface area contributed by atoms with Crippen molar-refractivity contribution in [1.29, 1.82) is 0 Å². The monoisotopic (exact) mass is 651 g/mol. The van der Waals surface area contributed by atoms with Gasteiger partial charge < -0.3 is 25.4 Å². The van der Waals surface area contributed by atoms with Crippen LogP contribution in [0.3, 0.4) is 0 Å². The molecular weight excluding hydrogens is 616 g/mol. The maximum Gasteiger partial charge on any atom is 0.416 e. The first kappa shape index (κ1) is 34.8. The highest BCUT2D eigenvalue weighted by molar-refractivity contribution is 5.99. The van der Waals surface area contributed by atoms with Gasteiger partial charge in [0.15, 0.2) is 0 Å². The summed E-state index contributed by atoms with van der Waals surface area (Å²) in [6.07, 6.45) is -10.3. The Labute approximate surface area is 262 Å². The third-order valence-electron chi connectivity index (χ3n) is 7.32. The number of ether oxygens (including phenoxy) is 1. The molecule has 1 aliphatic heterocycles. The number of carbonyl (C=O) groups is 2. The highest BCUT2D eigenvalue weighted by Crippen LogP contribution is 2.36. The number of benzene rings is 3. The van der Waals surface area contributed by atoms with Gasteiger partial charge in [0.1, 0.15) is 5.75 Å². The Kier molecular flexibility index (Phi) is 11.0. The molecular formula is C33H35F6N3O4. The van der Waals surface area contributed by atoms with Crippen molar-refractivity contribution in [3.63, 3.8) is 0 Å². The van der Waals surface area contributed by atoms with E-state index in [4.69, 9.17) is 4.74 Å². The summed E-state index contributed by atoms with van der Waals surface area (Å²) in [5.74, 6) is -0.284. The summed E-state index contributed by atoms with van der Waals surface area (Å²) in [5, 5.41) is 16.7. The highest BCUT2D eigenvalue weighted by atomic mass is 19.4. The molecule has 0 spiro atoms. The molecule has 0 aromatic heterocycles. The van der Waals surface area contributed by atoms with Crippen molar-refractivity contribution < 1.29 is 45.8 Å². The molecule has 0 aliphatic carbocycles. The zero-order valence-corrected chi connectivity index (χ0v) is 25.2. The van der Waals surface area contributed by atoms with Crippen LogP contribution in [0.1, 0.15) is 59.3 Å². The predicted octanol–water partition coefficient (Wildman–Crippen LogP) is 6.13. The molecule has 0 bridgehead atoms. The fourth-order valence-electron chi connectivity index (χ4n) is 5.16. The van der Waals surface area contributed by atoms with Gasteiger partial charge in [-0.3, -0.25) is 9.59 Å². The number of hydrogen-bond donors (Lipinski definition) is 3. The predicted molar refractivity (Wildman–Crippen MR) is 159 cm³/mol. The molecule has 2 atom stereocenters. The molecule has 1 aliphatic rings. The lowest BCUT2D eigenvalue weighted by atomic mass is 10.00. The standard InChI is InChI=1S/C33H35F6N3O4/c1-20(2)46-27-15-23(14-26(17-27)42-10-6-9-30(42)44)31(45)41-28(13-21-7-4-3-5-8-21)29(43)19-40-18-22-11-24(32(34,35)36)16-25(12-22)33(37,38)39/h3-5,7-8,11-12,14-17,20,28-29,40,43H,6,9-10,13,18-19H2,1-2H3,(H,41,45)/t28-,29+/m0/s1. The average Bonchev–Trinajstić information content (AvgIpc) is 3.41. The first-order valence-corrected chi connectivity index (χ1v) is 14.7. The van der Waals surface area contributed by atoms with Gasteiger partial charge in [-0.1, -0.05) is 30.3 Å². The van der Waals surface area contributed by atoms with E-state index in [1.165, 1.54) is 6.07 Å². The number of nitrogens with zero attached hydrogens (tertiary/aromatic N) is 1. The lowest BCUT2D eigenvalue weighted by Crippen LogP contribution is -2.48. The molecule has 1 saturated heterocycles. The molecule has 3 aromatic rings. The van der Waals surface area contributed by atoms with Crippen LogP contribution in [0.4, 0.5) is 32.0 Å². The van der Waals surface area contributed by atoms with Gasteiger partial charge in [0.05, 0.1) is 29.4 Å². The summed E-state index contributed by atoms with van der Waals surface area (Å²) in [7, 11) is 0. The van der Waals surface area contributed by atoms with Crippen molar-refractivity contribution in [2.45, 2.75) is 70.3 Å². The smallest absolute Gasteiger partial charge is 0.416 e. The number of rotatable bonds is 12. The summed E-state index contributed by atoms with van der Waals surface area (Å²) in [4.78, 5) is 27.6. The van der Waals surface area contributed by atoms with Crippen molar-refractivity contribution >= 4 is 17.5 Å². The van der Waals surface area contributed by atoms with Crippen LogP contribution in [0.5, 0.6) is 5.75 Å². The summed E-state index contributed by atoms with van der Waals surface area (Å²) >= 11 is 0. The summed E-state index contributed by atoms with van der Waals surface area (Å²) in [5.41, 5.74) is -1.72. The average molecular weight is 652 g/mol. The molecule has 13 heteroatoms. The SMILES string of the molecule is CC(C)Oc1cc(C(=O)N[C@@H](Cc2ccccc2)[C@H](O)CNCc2cc(C(F)(F)F)cc(C(F)(F)F)c2)cc(N2CCCC2=O)c1. The number of amides is 2. The first-order chi connectivity index (χ1) is 21.6. The Hall–Kier alpha value is -4.10. The van der Waals surface area contributed by atoms with Gasteiger partial charge in [0, 0.05) is 43.4 Å². The van der Waals surface area contributed by atoms with Crippen LogP contribution in [0.15, 0.2) is 66.7 Å². The minimum absolute atomic E-state index is 0.0516. The van der Waals surface area contributed by atoms with Crippen LogP contribution in [-0.4, -0.2) is 48.3 Å². The van der Waals surface area contributed by atoms with E-state index in [1.54, 1.807) is 47.4 Å². The van der Waals surface area contributed by atoms with E-state index in [1.807, 2.05) is 13.8 Å². The van der Waals surface area contributed by atoms with Gasteiger partial charge in [-0.2, -0.15) is 26.3 Å². The number of anilines is 1. The van der Waals surface area contributed by atoms with Gasteiger partial charge in [-0.15, -0.1) is 0 Å². The summed E-state index contributed by atoms with van der Waals surface area (Å²) in [6.45, 7) is 3.45. The van der Waals surface area contributed by atoms with Crippen LogP contribution in [0.2, 0.25) is 0 Å². The van der Waals surface area contributed by atoms with E-state index in [-0.39, 0.29) is 42.2 Å². The van der Waals surface area contributed by atoms with Crippen LogP contribution >= 0.6 is 0 Å². The Balaban J connectivity index is 1.54. The van der Waals surface area contributed by atoms with Crippen LogP contribution in [-0.2, 0) is 30.1 Å². The topological polar surface area (TPSA) is 90.9 Å². The van der Waals surface area contributed by atoms with Gasteiger partial charge in [-0.05, 0) is 68.1 Å². The minimum atomic E-state index is -4.99. The Morgan fingerprint density at radius 3 is 2.15 bits per heavy atom. The van der Waals surface area contributed by atoms with Gasteiger partial charge in [0.2, 0.25) is 5.91 Å². The van der Waals surface area contributed by atoms with E-state index in [2.05, 4.69) is 10.6 Å². The fraction of sp³-hybridized carbons (Fsp3) is 0.394. The van der Waals surface area contributed by atoms with Crippen molar-refractivity contribution in [1.82, 2.24) is 10.6 Å². The molecule has 0 saturated carbocycles. The number of hydrogen-bond acceptors (Lipinski definition) is 5. The van der Waals surface area contributed by atoms with E-state index < -0.39 is 48.1 Å². The zero-order chi connectivity index (χ0) is 33.6. The fourth-order valence-corrected chi connectivity index (χ4v) is 5.16. The number of aliphatic hydroxyl groups is 1. The molecule has 7 nitrogen and oxygen atoms in total. The van der Waals surface area contributed by atoms with Crippen molar-refractivity contribution in [3.05, 3.63) is 94.5 Å². The van der Waals surface area contributed by atoms with E-state index in [0.717, 1.165) is 5.56 Å². The van der Waals surface area contributed by atoms with E-state index >= 15 is 0 Å². The molecule has 2 amide bonds.